The van der Waals surface area contributed by atoms with Crippen molar-refractivity contribution in [3.63, 3.8) is 0 Å². The lowest BCUT2D eigenvalue weighted by Crippen LogP contribution is -2.42. The molecule has 0 spiro atoms. The van der Waals surface area contributed by atoms with E-state index in [0.717, 1.165) is 0 Å². The van der Waals surface area contributed by atoms with Crippen LogP contribution in [0, 0.1) is 0 Å². The van der Waals surface area contributed by atoms with Gasteiger partial charge < -0.3 is 4.74 Å². The predicted molar refractivity (Wildman–Crippen MR) is 79.0 cm³/mol. The molecule has 21 heavy (non-hydrogen) atoms. The van der Waals surface area contributed by atoms with Crippen molar-refractivity contribution in [1.29, 1.82) is 0 Å². The van der Waals surface area contributed by atoms with Crippen molar-refractivity contribution in [2.45, 2.75) is 43.8 Å². The zero-order chi connectivity index (χ0) is 16.3. The topological polar surface area (TPSA) is 77.5 Å². The highest BCUT2D eigenvalue weighted by Crippen LogP contribution is 2.27. The molecule has 0 aliphatic carbocycles. The van der Waals surface area contributed by atoms with Crippen molar-refractivity contribution >= 4 is 21.6 Å². The third kappa shape index (κ3) is 3.32. The van der Waals surface area contributed by atoms with E-state index in [9.17, 15) is 18.0 Å². The molecule has 0 radical (unpaired) electrons. The van der Waals surface area contributed by atoms with Crippen molar-refractivity contribution in [1.82, 2.24) is 0 Å². The van der Waals surface area contributed by atoms with Crippen LogP contribution in [0.5, 0.6) is 0 Å². The maximum atomic E-state index is 12.5. The minimum atomic E-state index is -3.89. The Balaban J connectivity index is 3.19. The van der Waals surface area contributed by atoms with Crippen molar-refractivity contribution in [2.75, 3.05) is 6.61 Å². The van der Waals surface area contributed by atoms with E-state index in [0.29, 0.717) is 12.0 Å². The highest BCUT2D eigenvalue weighted by molar-refractivity contribution is 7.93. The Kier molecular flexibility index (Phi) is 5.28. The predicted octanol–water partition coefficient (Wildman–Crippen LogP) is 2.39. The van der Waals surface area contributed by atoms with Gasteiger partial charge >= 0.3 is 5.97 Å². The maximum absolute atomic E-state index is 12.5. The van der Waals surface area contributed by atoms with Gasteiger partial charge in [0.1, 0.15) is 0 Å². The molecule has 0 amide bonds. The second-order valence-corrected chi connectivity index (χ2v) is 7.53. The molecule has 0 aliphatic rings. The lowest BCUT2D eigenvalue weighted by atomic mass is 10.1. The van der Waals surface area contributed by atoms with E-state index in [1.165, 1.54) is 38.1 Å². The summed E-state index contributed by atoms with van der Waals surface area (Å²) in [6.45, 7) is 6.08. The Hall–Kier alpha value is -1.69. The number of benzene rings is 1. The first-order valence-corrected chi connectivity index (χ1v) is 8.21. The molecule has 0 atom stereocenters. The number of carbonyl (C=O) groups excluding carboxylic acids is 2. The van der Waals surface area contributed by atoms with Gasteiger partial charge in [0.2, 0.25) is 0 Å². The fraction of sp³-hybridized carbons (Fsp3) is 0.467. The van der Waals surface area contributed by atoms with E-state index in [1.807, 2.05) is 0 Å². The fourth-order valence-electron chi connectivity index (χ4n) is 1.73. The first kappa shape index (κ1) is 17.4. The molecule has 0 aromatic heterocycles. The monoisotopic (exact) mass is 312 g/mol. The zero-order valence-corrected chi connectivity index (χ0v) is 13.5. The van der Waals surface area contributed by atoms with Crippen LogP contribution in [0.4, 0.5) is 0 Å². The molecule has 0 fully saturated rings. The number of Topliss-reactive ketones (excluding diaryl/α,β-unsaturated/α-hetero) is 1. The summed E-state index contributed by atoms with van der Waals surface area (Å²) in [6.07, 6.45) is 0.348. The Morgan fingerprint density at radius 2 is 1.62 bits per heavy atom. The lowest BCUT2D eigenvalue weighted by molar-refractivity contribution is -0.145. The van der Waals surface area contributed by atoms with Gasteiger partial charge in [0, 0.05) is 12.0 Å². The number of ketones is 1. The van der Waals surface area contributed by atoms with E-state index < -0.39 is 20.6 Å². The van der Waals surface area contributed by atoms with Crippen LogP contribution < -0.4 is 0 Å². The summed E-state index contributed by atoms with van der Waals surface area (Å²) in [5.74, 6) is -0.859. The second-order valence-electron chi connectivity index (χ2n) is 5.04. The van der Waals surface area contributed by atoms with Gasteiger partial charge in [-0.15, -0.1) is 0 Å². The minimum absolute atomic E-state index is 0.00629. The molecule has 116 valence electrons. The van der Waals surface area contributed by atoms with Gasteiger partial charge in [0.15, 0.2) is 20.4 Å². The standard InChI is InChI=1S/C15H20O5S/c1-5-13(16)11-7-9-12(10-8-11)21(18,19)15(3,4)14(17)20-6-2/h7-10H,5-6H2,1-4H3. The summed E-state index contributed by atoms with van der Waals surface area (Å²) < 4.78 is 28.2. The van der Waals surface area contributed by atoms with Crippen LogP contribution in [0.25, 0.3) is 0 Å². The molecular weight excluding hydrogens is 292 g/mol. The number of ether oxygens (including phenoxy) is 1. The summed E-state index contributed by atoms with van der Waals surface area (Å²) in [7, 11) is -3.89. The van der Waals surface area contributed by atoms with Crippen LogP contribution in [-0.2, 0) is 19.4 Å². The molecule has 0 bridgehead atoms. The van der Waals surface area contributed by atoms with E-state index in [4.69, 9.17) is 4.74 Å². The number of hydrogen-bond acceptors (Lipinski definition) is 5. The highest BCUT2D eigenvalue weighted by Gasteiger charge is 2.44. The molecule has 0 heterocycles. The van der Waals surface area contributed by atoms with Gasteiger partial charge in [-0.05, 0) is 32.9 Å². The van der Waals surface area contributed by atoms with E-state index >= 15 is 0 Å². The Bertz CT molecular complexity index is 627. The number of esters is 1. The number of carbonyl (C=O) groups is 2. The van der Waals surface area contributed by atoms with Crippen LogP contribution >= 0.6 is 0 Å². The summed E-state index contributed by atoms with van der Waals surface area (Å²) >= 11 is 0. The first-order valence-electron chi connectivity index (χ1n) is 6.73. The number of sulfone groups is 1. The van der Waals surface area contributed by atoms with Crippen LogP contribution in [0.2, 0.25) is 0 Å². The highest BCUT2D eigenvalue weighted by atomic mass is 32.2. The molecule has 1 aromatic carbocycles. The zero-order valence-electron chi connectivity index (χ0n) is 12.7. The maximum Gasteiger partial charge on any atom is 0.327 e. The fourth-order valence-corrected chi connectivity index (χ4v) is 3.10. The Labute approximate surface area is 125 Å². The lowest BCUT2D eigenvalue weighted by Gasteiger charge is -2.22. The van der Waals surface area contributed by atoms with E-state index in [1.54, 1.807) is 13.8 Å². The normalized spacial score (nSPS) is 12.0. The molecule has 6 heteroatoms. The molecule has 5 nitrogen and oxygen atoms in total. The molecule has 1 aromatic rings. The molecule has 0 saturated heterocycles. The van der Waals surface area contributed by atoms with Gasteiger partial charge in [-0.1, -0.05) is 19.1 Å². The van der Waals surface area contributed by atoms with Crippen molar-refractivity contribution < 1.29 is 22.7 Å². The average Bonchev–Trinajstić information content (AvgIpc) is 2.46. The summed E-state index contributed by atoms with van der Waals surface area (Å²) in [5.41, 5.74) is 0.449. The molecule has 0 N–H and O–H groups in total. The molecule has 1 rings (SSSR count). The summed E-state index contributed by atoms with van der Waals surface area (Å²) in [4.78, 5) is 23.4. The quantitative estimate of drug-likeness (QED) is 0.595. The third-order valence-electron chi connectivity index (χ3n) is 3.25. The Morgan fingerprint density at radius 1 is 1.10 bits per heavy atom. The molecule has 0 unspecified atom stereocenters. The van der Waals surface area contributed by atoms with Crippen molar-refractivity contribution in [2.24, 2.45) is 0 Å². The largest absolute Gasteiger partial charge is 0.465 e. The number of rotatable bonds is 6. The van der Waals surface area contributed by atoms with Crippen LogP contribution in [0.1, 0.15) is 44.5 Å². The average molecular weight is 312 g/mol. The van der Waals surface area contributed by atoms with Gasteiger partial charge in [-0.2, -0.15) is 0 Å². The first-order chi connectivity index (χ1) is 9.68. The SMILES string of the molecule is CCOC(=O)C(C)(C)S(=O)(=O)c1ccc(C(=O)CC)cc1. The number of hydrogen-bond donors (Lipinski definition) is 0. The van der Waals surface area contributed by atoms with Crippen molar-refractivity contribution in [3.05, 3.63) is 29.8 Å². The second kappa shape index (κ2) is 6.39. The Morgan fingerprint density at radius 3 is 2.05 bits per heavy atom. The van der Waals surface area contributed by atoms with Crippen molar-refractivity contribution in [3.8, 4) is 0 Å². The molecular formula is C15H20O5S. The summed E-state index contributed by atoms with van der Waals surface area (Å²) in [5, 5.41) is 0. The van der Waals surface area contributed by atoms with Crippen LogP contribution in [-0.4, -0.2) is 31.5 Å². The molecule has 0 saturated carbocycles. The van der Waals surface area contributed by atoms with Gasteiger partial charge in [0.05, 0.1) is 11.5 Å². The van der Waals surface area contributed by atoms with Gasteiger partial charge in [-0.25, -0.2) is 8.42 Å². The van der Waals surface area contributed by atoms with Crippen LogP contribution in [0.3, 0.4) is 0 Å². The minimum Gasteiger partial charge on any atom is -0.465 e. The van der Waals surface area contributed by atoms with Gasteiger partial charge in [-0.3, -0.25) is 9.59 Å². The summed E-state index contributed by atoms with van der Waals surface area (Å²) in [6, 6.07) is 5.61. The third-order valence-corrected chi connectivity index (χ3v) is 5.65. The van der Waals surface area contributed by atoms with E-state index in [2.05, 4.69) is 0 Å². The molecule has 0 aliphatic heterocycles. The smallest absolute Gasteiger partial charge is 0.327 e. The van der Waals surface area contributed by atoms with Crippen LogP contribution in [0.15, 0.2) is 29.2 Å². The van der Waals surface area contributed by atoms with Gasteiger partial charge in [0.25, 0.3) is 0 Å². The van der Waals surface area contributed by atoms with E-state index in [-0.39, 0.29) is 17.3 Å².